The summed E-state index contributed by atoms with van der Waals surface area (Å²) in [6, 6.07) is 38.6. The first-order valence-corrected chi connectivity index (χ1v) is 25.0. The van der Waals surface area contributed by atoms with Crippen molar-refractivity contribution in [1.82, 2.24) is 4.98 Å². The summed E-state index contributed by atoms with van der Waals surface area (Å²) in [5.74, 6) is 0.339. The Balaban J connectivity index is 0.000000723. The molecule has 0 N–H and O–H groups in total. The van der Waals surface area contributed by atoms with Crippen molar-refractivity contribution in [2.75, 3.05) is 0 Å². The smallest absolute Gasteiger partial charge is 0.342 e. The fraction of sp³-hybridized carbons (Fsp3) is 0.250. The van der Waals surface area contributed by atoms with Crippen molar-refractivity contribution in [3.63, 3.8) is 0 Å². The second kappa shape index (κ2) is 20.0. The van der Waals surface area contributed by atoms with E-state index in [2.05, 4.69) is 103 Å². The predicted molar refractivity (Wildman–Crippen MR) is 227 cm³/mol. The summed E-state index contributed by atoms with van der Waals surface area (Å²) < 4.78 is 0. The number of halogens is 1. The average molecular weight is 772 g/mol. The van der Waals surface area contributed by atoms with Gasteiger partial charge < -0.3 is 13.1 Å². The molecule has 0 fully saturated rings. The maximum absolute atomic E-state index is 6.61. The zero-order valence-electron chi connectivity index (χ0n) is 32.0. The van der Waals surface area contributed by atoms with Gasteiger partial charge in [-0.3, -0.25) is 0 Å². The zero-order chi connectivity index (χ0) is 37.1. The molecule has 0 bridgehead atoms. The number of para-hydroxylation sites is 2. The normalized spacial score (nSPS) is 11.9. The minimum atomic E-state index is -0.861. The van der Waals surface area contributed by atoms with E-state index >= 15 is 0 Å². The fourth-order valence-corrected chi connectivity index (χ4v) is 4.98. The van der Waals surface area contributed by atoms with Crippen LogP contribution < -0.4 is 0 Å². The van der Waals surface area contributed by atoms with Crippen LogP contribution in [0.3, 0.4) is 0 Å². The zero-order valence-corrected chi connectivity index (χ0v) is 35.9. The fourth-order valence-electron chi connectivity index (χ4n) is 4.72. The molecular formula is C44H54ClFeN3Si2. The summed E-state index contributed by atoms with van der Waals surface area (Å²) in [5.41, 5.74) is 10.2. The van der Waals surface area contributed by atoms with E-state index in [1.54, 1.807) is 0 Å². The largest absolute Gasteiger partial charge is 2.00 e. The Hall–Kier alpha value is -3.39. The molecule has 5 aromatic rings. The van der Waals surface area contributed by atoms with Crippen molar-refractivity contribution >= 4 is 50.5 Å². The Bertz CT molecular complexity index is 1850. The Kier molecular flexibility index (Phi) is 17.2. The van der Waals surface area contributed by atoms with E-state index in [0.29, 0.717) is 10.9 Å². The molecule has 0 unspecified atom stereocenters. The topological polar surface area (TPSA) is 37.6 Å². The third kappa shape index (κ3) is 15.0. The minimum absolute atomic E-state index is 0. The number of aryl methyl sites for hydroxylation is 2. The van der Waals surface area contributed by atoms with Crippen molar-refractivity contribution in [3.05, 3.63) is 173 Å². The number of aliphatic imine (C=N–C) groups is 2. The first-order chi connectivity index (χ1) is 23.4. The summed E-state index contributed by atoms with van der Waals surface area (Å²) in [4.78, 5) is 15.6. The summed E-state index contributed by atoms with van der Waals surface area (Å²) in [6.45, 7) is 29.7. The van der Waals surface area contributed by atoms with Crippen LogP contribution >= 0.6 is 11.6 Å². The molecule has 5 rings (SSSR count). The van der Waals surface area contributed by atoms with Crippen LogP contribution in [0.1, 0.15) is 59.0 Å². The SMILES string of the molecule is Cc1cccc(Cl)c1N=C(c1ccccc1)c1cccc(C(=Nc2c(C)cccc2C(C)C)c2ccccc2)n1.[CH2-][Si](C)(C)C.[CH2-][Si](C)(C)C.[Fe+2]. The van der Waals surface area contributed by atoms with Gasteiger partial charge in [0, 0.05) is 11.1 Å². The third-order valence-electron chi connectivity index (χ3n) is 6.86. The summed E-state index contributed by atoms with van der Waals surface area (Å²) in [7, 11) is -1.72. The maximum atomic E-state index is 6.61. The van der Waals surface area contributed by atoms with Crippen LogP contribution in [0.25, 0.3) is 0 Å². The first-order valence-electron chi connectivity index (χ1n) is 17.2. The molecule has 0 aliphatic carbocycles. The van der Waals surface area contributed by atoms with Crippen molar-refractivity contribution < 1.29 is 17.1 Å². The molecule has 268 valence electrons. The van der Waals surface area contributed by atoms with Gasteiger partial charge in [-0.25, -0.2) is 15.0 Å². The molecule has 3 nitrogen and oxygen atoms in total. The van der Waals surface area contributed by atoms with E-state index in [-0.39, 0.29) is 17.1 Å². The van der Waals surface area contributed by atoms with Crippen LogP contribution in [-0.4, -0.2) is 32.6 Å². The molecule has 1 heterocycles. The molecule has 0 atom stereocenters. The van der Waals surface area contributed by atoms with Crippen LogP contribution in [0.2, 0.25) is 44.3 Å². The second-order valence-electron chi connectivity index (χ2n) is 15.3. The molecule has 1 aromatic heterocycles. The van der Waals surface area contributed by atoms with Gasteiger partial charge in [0.25, 0.3) is 0 Å². The van der Waals surface area contributed by atoms with Crippen LogP contribution in [-0.2, 0) is 17.1 Å². The van der Waals surface area contributed by atoms with Crippen LogP contribution in [0.5, 0.6) is 0 Å². The van der Waals surface area contributed by atoms with E-state index in [9.17, 15) is 0 Å². The molecule has 4 aromatic carbocycles. The van der Waals surface area contributed by atoms with Gasteiger partial charge in [0.15, 0.2) is 0 Å². The Morgan fingerprint density at radius 3 is 1.35 bits per heavy atom. The number of aromatic nitrogens is 1. The number of hydrogen-bond acceptors (Lipinski definition) is 3. The van der Waals surface area contributed by atoms with Crippen LogP contribution in [0, 0.1) is 26.9 Å². The molecule has 51 heavy (non-hydrogen) atoms. The first kappa shape index (κ1) is 43.8. The molecule has 0 spiro atoms. The Morgan fingerprint density at radius 1 is 0.569 bits per heavy atom. The van der Waals surface area contributed by atoms with Gasteiger partial charge in [0.05, 0.1) is 39.2 Å². The van der Waals surface area contributed by atoms with Gasteiger partial charge >= 0.3 is 17.1 Å². The van der Waals surface area contributed by atoms with Crippen molar-refractivity contribution in [1.29, 1.82) is 0 Å². The molecule has 0 saturated carbocycles. The van der Waals surface area contributed by atoms with Gasteiger partial charge in [0.2, 0.25) is 0 Å². The summed E-state index contributed by atoms with van der Waals surface area (Å²) in [6.07, 6.45) is 0. The standard InChI is InChI=1S/C36H32ClN3.2C4H11Si.Fe/c1-24(2)29-20-11-14-25(3)33(29)39-35(27-16-7-5-8-17-27)31-22-13-23-32(38-31)36(28-18-9-6-10-19-28)40-34-26(4)15-12-21-30(34)37;2*1-5(2,3)4;/h5-24H,1-4H3;2*1H2,2-4H3;/q;2*-1;+2. The van der Waals surface area contributed by atoms with Crippen molar-refractivity contribution in [2.24, 2.45) is 9.98 Å². The van der Waals surface area contributed by atoms with E-state index in [1.165, 1.54) is 5.56 Å². The molecule has 0 aliphatic heterocycles. The minimum Gasteiger partial charge on any atom is -0.342 e. The van der Waals surface area contributed by atoms with Crippen molar-refractivity contribution in [2.45, 2.75) is 72.9 Å². The van der Waals surface area contributed by atoms with Gasteiger partial charge in [-0.15, -0.1) is 16.1 Å². The van der Waals surface area contributed by atoms with E-state index in [0.717, 1.165) is 56.4 Å². The molecule has 0 amide bonds. The monoisotopic (exact) mass is 771 g/mol. The quantitative estimate of drug-likeness (QED) is 0.0922. The van der Waals surface area contributed by atoms with E-state index < -0.39 is 16.1 Å². The molecule has 7 heteroatoms. The Labute approximate surface area is 326 Å². The van der Waals surface area contributed by atoms with Gasteiger partial charge in [-0.2, -0.15) is 0 Å². The van der Waals surface area contributed by atoms with Gasteiger partial charge in [-0.05, 0) is 54.7 Å². The molecule has 0 radical (unpaired) electrons. The average Bonchev–Trinajstić information content (AvgIpc) is 3.03. The number of nitrogens with zero attached hydrogens (tertiary/aromatic N) is 3. The molecule has 0 aliphatic rings. The predicted octanol–water partition coefficient (Wildman–Crippen LogP) is 13.2. The molecule has 0 saturated heterocycles. The number of hydrogen-bond donors (Lipinski definition) is 0. The van der Waals surface area contributed by atoms with E-state index in [4.69, 9.17) is 26.6 Å². The Morgan fingerprint density at radius 2 is 0.941 bits per heavy atom. The number of benzene rings is 4. The van der Waals surface area contributed by atoms with Gasteiger partial charge in [0.1, 0.15) is 0 Å². The second-order valence-corrected chi connectivity index (χ2v) is 25.9. The summed E-state index contributed by atoms with van der Waals surface area (Å²) >= 11 is 6.61. The summed E-state index contributed by atoms with van der Waals surface area (Å²) in [5, 5.41) is 0.608. The maximum Gasteiger partial charge on any atom is 2.00 e. The molecular weight excluding hydrogens is 718 g/mol. The third-order valence-corrected chi connectivity index (χ3v) is 7.16. The number of rotatable bonds is 7. The van der Waals surface area contributed by atoms with Crippen molar-refractivity contribution in [3.8, 4) is 0 Å². The van der Waals surface area contributed by atoms with Crippen LogP contribution in [0.15, 0.2) is 125 Å². The van der Waals surface area contributed by atoms with Crippen LogP contribution in [0.4, 0.5) is 11.4 Å². The number of pyridine rings is 1. The van der Waals surface area contributed by atoms with Gasteiger partial charge in [-0.1, -0.05) is 162 Å². The van der Waals surface area contributed by atoms with E-state index in [1.807, 2.05) is 91.9 Å².